The first-order valence-corrected chi connectivity index (χ1v) is 12.0. The molecule has 0 radical (unpaired) electrons. The van der Waals surface area contributed by atoms with Gasteiger partial charge in [-0.3, -0.25) is 4.90 Å². The molecule has 3 rings (SSSR count). The van der Waals surface area contributed by atoms with Gasteiger partial charge in [0.15, 0.2) is 0 Å². The minimum Gasteiger partial charge on any atom is -0.497 e. The molecule has 2 unspecified atom stereocenters. The predicted octanol–water partition coefficient (Wildman–Crippen LogP) is 4.04. The molecule has 6 heteroatoms. The molecule has 3 aromatic carbocycles. The molecule has 0 aliphatic carbocycles. The number of benzene rings is 3. The number of ether oxygens (including phenoxy) is 3. The predicted molar refractivity (Wildman–Crippen MR) is 138 cm³/mol. The van der Waals surface area contributed by atoms with Crippen LogP contribution in [0.2, 0.25) is 0 Å². The summed E-state index contributed by atoms with van der Waals surface area (Å²) < 4.78 is 16.7. The van der Waals surface area contributed by atoms with Crippen molar-refractivity contribution < 1.29 is 24.4 Å². The molecular formula is C29H37NO5. The Morgan fingerprint density at radius 1 is 0.657 bits per heavy atom. The van der Waals surface area contributed by atoms with Crippen LogP contribution in [0.4, 0.5) is 0 Å². The summed E-state index contributed by atoms with van der Waals surface area (Å²) in [6, 6.07) is 23.5. The summed E-state index contributed by atoms with van der Waals surface area (Å²) in [6.07, 6.45) is -0.615. The lowest BCUT2D eigenvalue weighted by Gasteiger charge is -2.27. The topological polar surface area (TPSA) is 71.4 Å². The van der Waals surface area contributed by atoms with E-state index in [0.717, 1.165) is 40.4 Å². The van der Waals surface area contributed by atoms with Crippen molar-refractivity contribution in [3.05, 3.63) is 89.5 Å². The molecule has 0 aromatic heterocycles. The fourth-order valence-electron chi connectivity index (χ4n) is 3.69. The first kappa shape index (κ1) is 26.5. The molecule has 35 heavy (non-hydrogen) atoms. The van der Waals surface area contributed by atoms with Crippen molar-refractivity contribution in [2.75, 3.05) is 40.0 Å². The average molecular weight is 480 g/mol. The van der Waals surface area contributed by atoms with Crippen LogP contribution in [-0.4, -0.2) is 67.3 Å². The minimum atomic E-state index is -0.697. The molecular weight excluding hydrogens is 442 g/mol. The number of aliphatic hydroxyl groups excluding tert-OH is 2. The Balaban J connectivity index is 1.54. The summed E-state index contributed by atoms with van der Waals surface area (Å²) in [5.41, 5.74) is 3.47. The molecule has 0 aliphatic rings. The Hall–Kier alpha value is -3.06. The molecule has 0 saturated heterocycles. The van der Waals surface area contributed by atoms with Crippen LogP contribution < -0.4 is 14.2 Å². The van der Waals surface area contributed by atoms with Crippen molar-refractivity contribution in [3.63, 3.8) is 0 Å². The second-order valence-electron chi connectivity index (χ2n) is 8.91. The number of methoxy groups -OCH3 is 1. The van der Waals surface area contributed by atoms with E-state index in [-0.39, 0.29) is 13.2 Å². The summed E-state index contributed by atoms with van der Waals surface area (Å²) in [5.74, 6) is 2.27. The van der Waals surface area contributed by atoms with E-state index < -0.39 is 12.2 Å². The molecule has 3 aromatic rings. The molecule has 0 saturated carbocycles. The lowest BCUT2D eigenvalue weighted by Crippen LogP contribution is -2.42. The van der Waals surface area contributed by atoms with Gasteiger partial charge in [0.25, 0.3) is 0 Å². The molecule has 188 valence electrons. The summed E-state index contributed by atoms with van der Waals surface area (Å²) in [5, 5.41) is 21.3. The maximum Gasteiger partial charge on any atom is 0.119 e. The van der Waals surface area contributed by atoms with Gasteiger partial charge in [-0.05, 0) is 62.2 Å². The van der Waals surface area contributed by atoms with Gasteiger partial charge in [0.1, 0.15) is 42.7 Å². The molecule has 0 bridgehead atoms. The van der Waals surface area contributed by atoms with Crippen LogP contribution in [0.3, 0.4) is 0 Å². The average Bonchev–Trinajstić information content (AvgIpc) is 2.87. The molecule has 2 atom stereocenters. The van der Waals surface area contributed by atoms with Crippen molar-refractivity contribution in [2.24, 2.45) is 0 Å². The van der Waals surface area contributed by atoms with Crippen LogP contribution in [0.15, 0.2) is 72.8 Å². The number of hydrogen-bond acceptors (Lipinski definition) is 6. The highest BCUT2D eigenvalue weighted by Crippen LogP contribution is 2.15. The number of nitrogens with zero attached hydrogens (tertiary/aromatic N) is 1. The van der Waals surface area contributed by atoms with E-state index in [4.69, 9.17) is 14.2 Å². The number of aryl methyl sites for hydroxylation is 2. The van der Waals surface area contributed by atoms with Gasteiger partial charge in [0.05, 0.1) is 7.11 Å². The van der Waals surface area contributed by atoms with Gasteiger partial charge < -0.3 is 24.4 Å². The van der Waals surface area contributed by atoms with E-state index in [1.165, 1.54) is 0 Å². The zero-order valence-electron chi connectivity index (χ0n) is 20.9. The van der Waals surface area contributed by atoms with E-state index in [2.05, 4.69) is 4.90 Å². The Labute approximate surface area is 208 Å². The molecule has 0 spiro atoms. The highest BCUT2D eigenvalue weighted by molar-refractivity contribution is 5.28. The Bertz CT molecular complexity index is 932. The first-order chi connectivity index (χ1) is 16.9. The van der Waals surface area contributed by atoms with Gasteiger partial charge >= 0.3 is 0 Å². The van der Waals surface area contributed by atoms with Crippen LogP contribution in [0.5, 0.6) is 17.2 Å². The van der Waals surface area contributed by atoms with Crippen molar-refractivity contribution in [1.82, 2.24) is 4.90 Å². The van der Waals surface area contributed by atoms with Crippen LogP contribution in [0.25, 0.3) is 0 Å². The van der Waals surface area contributed by atoms with Gasteiger partial charge in [0, 0.05) is 19.6 Å². The largest absolute Gasteiger partial charge is 0.497 e. The molecule has 2 N–H and O–H groups in total. The smallest absolute Gasteiger partial charge is 0.119 e. The lowest BCUT2D eigenvalue weighted by molar-refractivity contribution is 0.0318. The van der Waals surface area contributed by atoms with Crippen LogP contribution in [0, 0.1) is 13.8 Å². The summed E-state index contributed by atoms with van der Waals surface area (Å²) in [6.45, 7) is 5.83. The first-order valence-electron chi connectivity index (χ1n) is 12.0. The van der Waals surface area contributed by atoms with Gasteiger partial charge in [-0.25, -0.2) is 0 Å². The minimum absolute atomic E-state index is 0.179. The number of hydrogen-bond donors (Lipinski definition) is 2. The Morgan fingerprint density at radius 3 is 1.51 bits per heavy atom. The molecule has 0 amide bonds. The third kappa shape index (κ3) is 9.61. The molecule has 0 heterocycles. The van der Waals surface area contributed by atoms with E-state index in [9.17, 15) is 10.2 Å². The van der Waals surface area contributed by atoms with Gasteiger partial charge in [0.2, 0.25) is 0 Å². The monoisotopic (exact) mass is 479 g/mol. The zero-order valence-corrected chi connectivity index (χ0v) is 20.9. The van der Waals surface area contributed by atoms with Crippen molar-refractivity contribution in [1.29, 1.82) is 0 Å². The lowest BCUT2D eigenvalue weighted by atomic mass is 10.1. The maximum atomic E-state index is 10.7. The third-order valence-corrected chi connectivity index (χ3v) is 5.74. The molecule has 6 nitrogen and oxygen atoms in total. The standard InChI is InChI=1S/C29H37NO5/c1-22-4-10-28(11-5-22)34-20-25(31)18-30(17-16-24-8-14-27(33-3)15-9-24)19-26(32)21-35-29-12-6-23(2)7-13-29/h4-15,25-26,31-32H,16-21H2,1-3H3. The van der Waals surface area contributed by atoms with E-state index in [1.54, 1.807) is 7.11 Å². The van der Waals surface area contributed by atoms with Crippen LogP contribution in [-0.2, 0) is 6.42 Å². The summed E-state index contributed by atoms with van der Waals surface area (Å²) >= 11 is 0. The zero-order chi connectivity index (χ0) is 25.0. The van der Waals surface area contributed by atoms with Gasteiger partial charge in [-0.15, -0.1) is 0 Å². The third-order valence-electron chi connectivity index (χ3n) is 5.74. The normalized spacial score (nSPS) is 12.9. The van der Waals surface area contributed by atoms with Gasteiger partial charge in [-0.1, -0.05) is 47.5 Å². The van der Waals surface area contributed by atoms with E-state index in [0.29, 0.717) is 19.6 Å². The molecule has 0 aliphatic heterocycles. The fraction of sp³-hybridized carbons (Fsp3) is 0.379. The fourth-order valence-corrected chi connectivity index (χ4v) is 3.69. The van der Waals surface area contributed by atoms with Crippen molar-refractivity contribution in [2.45, 2.75) is 32.5 Å². The second-order valence-corrected chi connectivity index (χ2v) is 8.91. The maximum absolute atomic E-state index is 10.7. The molecule has 0 fully saturated rings. The van der Waals surface area contributed by atoms with Crippen LogP contribution in [0.1, 0.15) is 16.7 Å². The summed E-state index contributed by atoms with van der Waals surface area (Å²) in [7, 11) is 1.65. The summed E-state index contributed by atoms with van der Waals surface area (Å²) in [4.78, 5) is 2.05. The second kappa shape index (κ2) is 13.7. The van der Waals surface area contributed by atoms with Crippen molar-refractivity contribution in [3.8, 4) is 17.2 Å². The SMILES string of the molecule is COc1ccc(CCN(CC(O)COc2ccc(C)cc2)CC(O)COc2ccc(C)cc2)cc1. The quantitative estimate of drug-likeness (QED) is 0.364. The van der Waals surface area contributed by atoms with Crippen LogP contribution >= 0.6 is 0 Å². The van der Waals surface area contributed by atoms with E-state index >= 15 is 0 Å². The van der Waals surface area contributed by atoms with Crippen molar-refractivity contribution >= 4 is 0 Å². The number of aliphatic hydroxyl groups is 2. The highest BCUT2D eigenvalue weighted by Gasteiger charge is 2.17. The Morgan fingerprint density at radius 2 is 1.09 bits per heavy atom. The Kier molecular flexibility index (Phi) is 10.4. The van der Waals surface area contributed by atoms with Gasteiger partial charge in [-0.2, -0.15) is 0 Å². The highest BCUT2D eigenvalue weighted by atomic mass is 16.5. The van der Waals surface area contributed by atoms with E-state index in [1.807, 2.05) is 86.6 Å². The number of rotatable bonds is 14.